The topological polar surface area (TPSA) is 55.8 Å². The highest BCUT2D eigenvalue weighted by Gasteiger charge is 2.15. The van der Waals surface area contributed by atoms with E-state index in [1.165, 1.54) is 7.11 Å². The molecule has 0 saturated carbocycles. The molecule has 1 unspecified atom stereocenters. The maximum atomic E-state index is 10.8. The Bertz CT molecular complexity index is 373. The van der Waals surface area contributed by atoms with Crippen LogP contribution in [0.4, 0.5) is 0 Å². The number of carboxylic acids is 1. The average Bonchev–Trinajstić information content (AvgIpc) is 2.29. The molecule has 16 heavy (non-hydrogen) atoms. The summed E-state index contributed by atoms with van der Waals surface area (Å²) in [7, 11) is 1.53. The number of ether oxygens (including phenoxy) is 2. The molecule has 0 aliphatic rings. The lowest BCUT2D eigenvalue weighted by atomic mass is 10.0. The number of hydrogen-bond donors (Lipinski definition) is 1. The molecule has 1 rings (SSSR count). The van der Waals surface area contributed by atoms with Gasteiger partial charge in [0.15, 0.2) is 11.5 Å². The molecule has 0 aromatic heterocycles. The Kier molecular flexibility index (Phi) is 4.17. The third-order valence-corrected chi connectivity index (χ3v) is 2.36. The van der Waals surface area contributed by atoms with Crippen molar-refractivity contribution in [3.05, 3.63) is 23.8 Å². The second kappa shape index (κ2) is 5.39. The molecule has 1 aromatic rings. The minimum Gasteiger partial charge on any atom is -0.493 e. The molecule has 0 heterocycles. The molecular formula is C12H16O4. The quantitative estimate of drug-likeness (QED) is 0.833. The third kappa shape index (κ3) is 2.66. The van der Waals surface area contributed by atoms with Gasteiger partial charge >= 0.3 is 5.97 Å². The zero-order valence-corrected chi connectivity index (χ0v) is 9.69. The molecule has 1 atom stereocenters. The summed E-state index contributed by atoms with van der Waals surface area (Å²) < 4.78 is 10.5. The van der Waals surface area contributed by atoms with Gasteiger partial charge in [0, 0.05) is 0 Å². The van der Waals surface area contributed by atoms with Crippen molar-refractivity contribution in [3.63, 3.8) is 0 Å². The fraction of sp³-hybridized carbons (Fsp3) is 0.417. The molecule has 1 N–H and O–H groups in total. The summed E-state index contributed by atoms with van der Waals surface area (Å²) in [6.45, 7) is 4.06. The number of hydrogen-bond acceptors (Lipinski definition) is 3. The second-order valence-electron chi connectivity index (χ2n) is 3.40. The Morgan fingerprint density at radius 1 is 1.44 bits per heavy atom. The molecular weight excluding hydrogens is 208 g/mol. The first-order valence-electron chi connectivity index (χ1n) is 5.13. The van der Waals surface area contributed by atoms with Gasteiger partial charge in [0.2, 0.25) is 0 Å². The maximum absolute atomic E-state index is 10.8. The van der Waals surface area contributed by atoms with Gasteiger partial charge in [-0.25, -0.2) is 0 Å². The molecule has 0 radical (unpaired) electrons. The lowest BCUT2D eigenvalue weighted by Gasteiger charge is -2.12. The highest BCUT2D eigenvalue weighted by molar-refractivity contribution is 5.75. The molecule has 0 spiro atoms. The standard InChI is InChI=1S/C12H16O4/c1-4-16-10-6-5-9(7-11(10)15-3)8(2)12(13)14/h5-8H,4H2,1-3H3,(H,13,14). The van der Waals surface area contributed by atoms with Gasteiger partial charge in [-0.15, -0.1) is 0 Å². The Labute approximate surface area is 94.8 Å². The molecule has 0 aliphatic heterocycles. The fourth-order valence-corrected chi connectivity index (χ4v) is 1.37. The van der Waals surface area contributed by atoms with E-state index in [-0.39, 0.29) is 0 Å². The summed E-state index contributed by atoms with van der Waals surface area (Å²) in [5.74, 6) is -0.213. The van der Waals surface area contributed by atoms with Gasteiger partial charge in [-0.2, -0.15) is 0 Å². The van der Waals surface area contributed by atoms with E-state index >= 15 is 0 Å². The van der Waals surface area contributed by atoms with Crippen LogP contribution in [0.1, 0.15) is 25.3 Å². The molecule has 0 aliphatic carbocycles. The van der Waals surface area contributed by atoms with Crippen molar-refractivity contribution in [2.75, 3.05) is 13.7 Å². The van der Waals surface area contributed by atoms with Crippen LogP contribution in [0.25, 0.3) is 0 Å². The molecule has 4 heteroatoms. The van der Waals surface area contributed by atoms with E-state index < -0.39 is 11.9 Å². The van der Waals surface area contributed by atoms with Gasteiger partial charge in [-0.3, -0.25) is 4.79 Å². The van der Waals surface area contributed by atoms with Crippen LogP contribution in [0.3, 0.4) is 0 Å². The lowest BCUT2D eigenvalue weighted by Crippen LogP contribution is -2.07. The first-order chi connectivity index (χ1) is 7.60. The van der Waals surface area contributed by atoms with Crippen LogP contribution in [-0.2, 0) is 4.79 Å². The Hall–Kier alpha value is -1.71. The van der Waals surface area contributed by atoms with Crippen LogP contribution < -0.4 is 9.47 Å². The van der Waals surface area contributed by atoms with Crippen molar-refractivity contribution in [2.45, 2.75) is 19.8 Å². The Morgan fingerprint density at radius 3 is 2.62 bits per heavy atom. The number of benzene rings is 1. The highest BCUT2D eigenvalue weighted by Crippen LogP contribution is 2.30. The number of rotatable bonds is 5. The molecule has 0 fully saturated rings. The van der Waals surface area contributed by atoms with Gasteiger partial charge in [0.1, 0.15) is 0 Å². The molecule has 4 nitrogen and oxygen atoms in total. The number of carbonyl (C=O) groups is 1. The largest absolute Gasteiger partial charge is 0.493 e. The summed E-state index contributed by atoms with van der Waals surface area (Å²) in [6, 6.07) is 5.17. The van der Waals surface area contributed by atoms with E-state index in [9.17, 15) is 4.79 Å². The summed E-state index contributed by atoms with van der Waals surface area (Å²) in [5.41, 5.74) is 0.702. The van der Waals surface area contributed by atoms with Gasteiger partial charge in [0.05, 0.1) is 19.6 Å². The van der Waals surface area contributed by atoms with Gasteiger partial charge in [-0.1, -0.05) is 6.07 Å². The van der Waals surface area contributed by atoms with Crippen LogP contribution >= 0.6 is 0 Å². The average molecular weight is 224 g/mol. The van der Waals surface area contributed by atoms with E-state index in [0.717, 1.165) is 0 Å². The van der Waals surface area contributed by atoms with Gasteiger partial charge in [-0.05, 0) is 31.5 Å². The highest BCUT2D eigenvalue weighted by atomic mass is 16.5. The third-order valence-electron chi connectivity index (χ3n) is 2.36. The lowest BCUT2D eigenvalue weighted by molar-refractivity contribution is -0.138. The maximum Gasteiger partial charge on any atom is 0.310 e. The van der Waals surface area contributed by atoms with Crippen molar-refractivity contribution >= 4 is 5.97 Å². The second-order valence-corrected chi connectivity index (χ2v) is 3.40. The smallest absolute Gasteiger partial charge is 0.310 e. The summed E-state index contributed by atoms with van der Waals surface area (Å²) >= 11 is 0. The molecule has 0 bridgehead atoms. The zero-order chi connectivity index (χ0) is 12.1. The van der Waals surface area contributed by atoms with Gasteiger partial charge < -0.3 is 14.6 Å². The summed E-state index contributed by atoms with van der Waals surface area (Å²) in [5, 5.41) is 8.90. The SMILES string of the molecule is CCOc1ccc(C(C)C(=O)O)cc1OC. The first-order valence-corrected chi connectivity index (χ1v) is 5.13. The van der Waals surface area contributed by atoms with E-state index in [1.807, 2.05) is 6.92 Å². The minimum atomic E-state index is -0.855. The van der Waals surface area contributed by atoms with Crippen molar-refractivity contribution in [2.24, 2.45) is 0 Å². The van der Waals surface area contributed by atoms with E-state index in [1.54, 1.807) is 25.1 Å². The van der Waals surface area contributed by atoms with Crippen LogP contribution in [0.15, 0.2) is 18.2 Å². The van der Waals surface area contributed by atoms with Crippen molar-refractivity contribution in [3.8, 4) is 11.5 Å². The molecule has 0 saturated heterocycles. The van der Waals surface area contributed by atoms with E-state index in [4.69, 9.17) is 14.6 Å². The zero-order valence-electron chi connectivity index (χ0n) is 9.69. The first kappa shape index (κ1) is 12.4. The monoisotopic (exact) mass is 224 g/mol. The van der Waals surface area contributed by atoms with Crippen molar-refractivity contribution in [1.29, 1.82) is 0 Å². The van der Waals surface area contributed by atoms with Gasteiger partial charge in [0.25, 0.3) is 0 Å². The fourth-order valence-electron chi connectivity index (χ4n) is 1.37. The van der Waals surface area contributed by atoms with E-state index in [0.29, 0.717) is 23.7 Å². The van der Waals surface area contributed by atoms with Crippen molar-refractivity contribution in [1.82, 2.24) is 0 Å². The van der Waals surface area contributed by atoms with Crippen LogP contribution in [0.5, 0.6) is 11.5 Å². The summed E-state index contributed by atoms with van der Waals surface area (Å²) in [4.78, 5) is 10.8. The number of carboxylic acid groups (broad SMARTS) is 1. The number of aliphatic carboxylic acids is 1. The predicted octanol–water partition coefficient (Wildman–Crippen LogP) is 2.28. The minimum absolute atomic E-state index is 0.546. The summed E-state index contributed by atoms with van der Waals surface area (Å²) in [6.07, 6.45) is 0. The van der Waals surface area contributed by atoms with Crippen molar-refractivity contribution < 1.29 is 19.4 Å². The van der Waals surface area contributed by atoms with Crippen LogP contribution in [-0.4, -0.2) is 24.8 Å². The molecule has 1 aromatic carbocycles. The molecule has 0 amide bonds. The van der Waals surface area contributed by atoms with Crippen LogP contribution in [0, 0.1) is 0 Å². The predicted molar refractivity (Wildman–Crippen MR) is 60.2 cm³/mol. The Balaban J connectivity index is 3.03. The van der Waals surface area contributed by atoms with E-state index in [2.05, 4.69) is 0 Å². The number of methoxy groups -OCH3 is 1. The normalized spacial score (nSPS) is 11.9. The molecule has 88 valence electrons. The Morgan fingerprint density at radius 2 is 2.12 bits per heavy atom. The van der Waals surface area contributed by atoms with Crippen LogP contribution in [0.2, 0.25) is 0 Å².